The SMILES string of the molecule is COC(=O)c1nc(N2CCCCCCCCC2)c2sccc2n1. The number of methoxy groups -OCH3 is 1. The maximum Gasteiger partial charge on any atom is 0.376 e. The molecule has 1 saturated heterocycles. The first-order valence-electron chi connectivity index (χ1n) is 8.38. The topological polar surface area (TPSA) is 55.3 Å². The Labute approximate surface area is 140 Å². The largest absolute Gasteiger partial charge is 0.463 e. The average Bonchev–Trinajstić information content (AvgIpc) is 3.06. The number of anilines is 1. The predicted molar refractivity (Wildman–Crippen MR) is 93.3 cm³/mol. The van der Waals surface area contributed by atoms with Gasteiger partial charge in [-0.05, 0) is 24.3 Å². The van der Waals surface area contributed by atoms with Gasteiger partial charge in [-0.3, -0.25) is 0 Å². The van der Waals surface area contributed by atoms with E-state index in [4.69, 9.17) is 4.74 Å². The zero-order valence-electron chi connectivity index (χ0n) is 13.6. The molecule has 0 saturated carbocycles. The van der Waals surface area contributed by atoms with Crippen molar-refractivity contribution in [1.29, 1.82) is 0 Å². The predicted octanol–water partition coefficient (Wildman–Crippen LogP) is 4.03. The number of fused-ring (bicyclic) bond motifs is 1. The van der Waals surface area contributed by atoms with Gasteiger partial charge in [0.15, 0.2) is 5.82 Å². The zero-order valence-corrected chi connectivity index (χ0v) is 14.4. The third-order valence-electron chi connectivity index (χ3n) is 4.31. The van der Waals surface area contributed by atoms with Crippen molar-refractivity contribution in [3.8, 4) is 0 Å². The van der Waals surface area contributed by atoms with Gasteiger partial charge >= 0.3 is 5.97 Å². The number of carbonyl (C=O) groups is 1. The minimum atomic E-state index is -0.472. The van der Waals surface area contributed by atoms with Crippen LogP contribution >= 0.6 is 11.3 Å². The lowest BCUT2D eigenvalue weighted by molar-refractivity contribution is 0.0587. The van der Waals surface area contributed by atoms with Crippen LogP contribution in [0.5, 0.6) is 0 Å². The number of nitrogens with zero attached hydrogens (tertiary/aromatic N) is 3. The Morgan fingerprint density at radius 3 is 2.39 bits per heavy atom. The summed E-state index contributed by atoms with van der Waals surface area (Å²) in [5.41, 5.74) is 0.831. The molecule has 0 aromatic carbocycles. The van der Waals surface area contributed by atoms with E-state index in [1.54, 1.807) is 11.3 Å². The summed E-state index contributed by atoms with van der Waals surface area (Å²) in [6.07, 6.45) is 8.86. The summed E-state index contributed by atoms with van der Waals surface area (Å²) < 4.78 is 5.87. The second-order valence-corrected chi connectivity index (χ2v) is 6.88. The van der Waals surface area contributed by atoms with E-state index in [9.17, 15) is 4.79 Å². The van der Waals surface area contributed by atoms with E-state index in [-0.39, 0.29) is 5.82 Å². The maximum atomic E-state index is 11.9. The van der Waals surface area contributed by atoms with E-state index in [0.717, 1.165) is 29.1 Å². The average molecular weight is 333 g/mol. The lowest BCUT2D eigenvalue weighted by atomic mass is 10.1. The van der Waals surface area contributed by atoms with Crippen molar-refractivity contribution in [2.75, 3.05) is 25.1 Å². The molecule has 1 aliphatic heterocycles. The minimum absolute atomic E-state index is 0.158. The molecule has 0 aliphatic carbocycles. The first-order chi connectivity index (χ1) is 11.3. The molecule has 3 rings (SSSR count). The number of esters is 1. The second-order valence-electron chi connectivity index (χ2n) is 5.96. The van der Waals surface area contributed by atoms with Gasteiger partial charge in [-0.15, -0.1) is 11.3 Å². The molecule has 124 valence electrons. The highest BCUT2D eigenvalue weighted by molar-refractivity contribution is 7.17. The van der Waals surface area contributed by atoms with Crippen LogP contribution < -0.4 is 4.90 Å². The number of hydrogen-bond donors (Lipinski definition) is 0. The van der Waals surface area contributed by atoms with Crippen molar-refractivity contribution in [2.45, 2.75) is 44.9 Å². The van der Waals surface area contributed by atoms with Gasteiger partial charge in [0, 0.05) is 13.1 Å². The Morgan fingerprint density at radius 2 is 1.74 bits per heavy atom. The van der Waals surface area contributed by atoms with E-state index in [2.05, 4.69) is 14.9 Å². The van der Waals surface area contributed by atoms with Crippen LogP contribution in [0.25, 0.3) is 10.2 Å². The summed E-state index contributed by atoms with van der Waals surface area (Å²) in [5, 5.41) is 2.01. The number of thiophene rings is 1. The van der Waals surface area contributed by atoms with Crippen LogP contribution in [0.4, 0.5) is 5.82 Å². The first-order valence-corrected chi connectivity index (χ1v) is 9.26. The number of aromatic nitrogens is 2. The smallest absolute Gasteiger partial charge is 0.376 e. The molecule has 0 bridgehead atoms. The third kappa shape index (κ3) is 3.80. The maximum absolute atomic E-state index is 11.9. The van der Waals surface area contributed by atoms with Crippen molar-refractivity contribution < 1.29 is 9.53 Å². The molecule has 0 amide bonds. The Kier molecular flexibility index (Phi) is 5.43. The van der Waals surface area contributed by atoms with Crippen LogP contribution in [-0.4, -0.2) is 36.1 Å². The molecule has 0 unspecified atom stereocenters. The molecule has 5 nitrogen and oxygen atoms in total. The van der Waals surface area contributed by atoms with Gasteiger partial charge in [-0.2, -0.15) is 0 Å². The van der Waals surface area contributed by atoms with Crippen molar-refractivity contribution in [3.63, 3.8) is 0 Å². The number of rotatable bonds is 2. The van der Waals surface area contributed by atoms with Gasteiger partial charge < -0.3 is 9.64 Å². The number of ether oxygens (including phenoxy) is 1. The lowest BCUT2D eigenvalue weighted by Crippen LogP contribution is -2.28. The zero-order chi connectivity index (χ0) is 16.1. The molecule has 0 spiro atoms. The Bertz CT molecular complexity index is 661. The molecule has 23 heavy (non-hydrogen) atoms. The van der Waals surface area contributed by atoms with E-state index >= 15 is 0 Å². The fourth-order valence-electron chi connectivity index (χ4n) is 3.06. The fraction of sp³-hybridized carbons (Fsp3) is 0.588. The molecule has 1 aliphatic rings. The van der Waals surface area contributed by atoms with Crippen molar-refractivity contribution in [3.05, 3.63) is 17.3 Å². The molecule has 0 radical (unpaired) electrons. The van der Waals surface area contributed by atoms with Crippen molar-refractivity contribution in [1.82, 2.24) is 9.97 Å². The fourth-order valence-corrected chi connectivity index (χ4v) is 3.91. The number of hydrogen-bond acceptors (Lipinski definition) is 6. The van der Waals surface area contributed by atoms with Gasteiger partial charge in [-0.25, -0.2) is 14.8 Å². The lowest BCUT2D eigenvalue weighted by Gasteiger charge is -2.25. The molecule has 1 fully saturated rings. The van der Waals surface area contributed by atoms with Crippen LogP contribution in [0, 0.1) is 0 Å². The summed E-state index contributed by atoms with van der Waals surface area (Å²) in [7, 11) is 1.37. The summed E-state index contributed by atoms with van der Waals surface area (Å²) in [6, 6.07) is 1.94. The third-order valence-corrected chi connectivity index (χ3v) is 5.21. The van der Waals surface area contributed by atoms with Crippen LogP contribution in [0.3, 0.4) is 0 Å². The summed E-state index contributed by atoms with van der Waals surface area (Å²) in [5.74, 6) is 0.580. The molecule has 2 aromatic rings. The number of carbonyl (C=O) groups excluding carboxylic acids is 1. The van der Waals surface area contributed by atoms with Crippen LogP contribution in [0.15, 0.2) is 11.4 Å². The Hall–Kier alpha value is -1.69. The van der Waals surface area contributed by atoms with Gasteiger partial charge in [0.25, 0.3) is 0 Å². The molecular weight excluding hydrogens is 310 g/mol. The van der Waals surface area contributed by atoms with Gasteiger partial charge in [0.2, 0.25) is 5.82 Å². The van der Waals surface area contributed by atoms with Crippen LogP contribution in [0.1, 0.15) is 55.6 Å². The second kappa shape index (κ2) is 7.73. The Morgan fingerprint density at radius 1 is 1.09 bits per heavy atom. The van der Waals surface area contributed by atoms with Crippen molar-refractivity contribution >= 4 is 33.3 Å². The molecular formula is C17H23N3O2S. The van der Waals surface area contributed by atoms with Gasteiger partial charge in [0.05, 0.1) is 17.3 Å². The van der Waals surface area contributed by atoms with E-state index < -0.39 is 5.97 Å². The molecule has 6 heteroatoms. The quantitative estimate of drug-likeness (QED) is 0.777. The summed E-state index contributed by atoms with van der Waals surface area (Å²) >= 11 is 1.64. The monoisotopic (exact) mass is 333 g/mol. The highest BCUT2D eigenvalue weighted by atomic mass is 32.1. The molecule has 0 atom stereocenters. The standard InChI is InChI=1S/C17H23N3O2S/c1-22-17(21)15-18-13-9-12-23-14(13)16(19-15)20-10-7-5-3-2-4-6-8-11-20/h9,12H,2-8,10-11H2,1H3. The van der Waals surface area contributed by atoms with Gasteiger partial charge in [-0.1, -0.05) is 32.1 Å². The molecule has 2 aromatic heterocycles. The van der Waals surface area contributed by atoms with Crippen LogP contribution in [0.2, 0.25) is 0 Å². The molecule has 0 N–H and O–H groups in total. The highest BCUT2D eigenvalue weighted by Crippen LogP contribution is 2.30. The highest BCUT2D eigenvalue weighted by Gasteiger charge is 2.19. The van der Waals surface area contributed by atoms with E-state index in [1.165, 1.54) is 52.1 Å². The normalized spacial score (nSPS) is 17.2. The Balaban J connectivity index is 1.94. The first kappa shape index (κ1) is 16.2. The summed E-state index contributed by atoms with van der Waals surface area (Å²) in [4.78, 5) is 23.1. The van der Waals surface area contributed by atoms with Gasteiger partial charge in [0.1, 0.15) is 0 Å². The summed E-state index contributed by atoms with van der Waals surface area (Å²) in [6.45, 7) is 1.98. The minimum Gasteiger partial charge on any atom is -0.463 e. The molecule has 3 heterocycles. The van der Waals surface area contributed by atoms with E-state index in [1.807, 2.05) is 11.4 Å². The van der Waals surface area contributed by atoms with Crippen LogP contribution in [-0.2, 0) is 4.74 Å². The van der Waals surface area contributed by atoms with E-state index in [0.29, 0.717) is 0 Å². The van der Waals surface area contributed by atoms with Crippen molar-refractivity contribution in [2.24, 2.45) is 0 Å².